The number of rotatable bonds is 4. The maximum absolute atomic E-state index is 12.4. The van der Waals surface area contributed by atoms with Gasteiger partial charge in [-0.15, -0.1) is 0 Å². The number of hydrogen-bond donors (Lipinski definition) is 2. The van der Waals surface area contributed by atoms with Crippen molar-refractivity contribution in [3.63, 3.8) is 0 Å². The lowest BCUT2D eigenvalue weighted by molar-refractivity contribution is 0.102. The molecule has 0 heterocycles. The Morgan fingerprint density at radius 1 is 0.826 bits per heavy atom. The molecule has 1 amide bonds. The third-order valence-corrected chi connectivity index (χ3v) is 3.68. The number of hydrogen-bond acceptors (Lipinski definition) is 2. The molecule has 0 aromatic heterocycles. The number of nitrogens with one attached hydrogen (secondary N) is 1. The highest BCUT2D eigenvalue weighted by atomic mass is 16.1. The van der Waals surface area contributed by atoms with Crippen molar-refractivity contribution in [3.8, 4) is 11.1 Å². The minimum absolute atomic E-state index is 0.114. The van der Waals surface area contributed by atoms with Crippen LogP contribution in [-0.4, -0.2) is 5.91 Å². The quantitative estimate of drug-likeness (QED) is 0.763. The molecule has 3 rings (SSSR count). The lowest BCUT2D eigenvalue weighted by atomic mass is 10.0. The number of nitrogens with two attached hydrogens (primary N) is 1. The largest absolute Gasteiger partial charge is 0.326 e. The van der Waals surface area contributed by atoms with Gasteiger partial charge in [-0.3, -0.25) is 4.79 Å². The molecule has 23 heavy (non-hydrogen) atoms. The van der Waals surface area contributed by atoms with Gasteiger partial charge in [0, 0.05) is 17.8 Å². The molecule has 0 unspecified atom stereocenters. The minimum Gasteiger partial charge on any atom is -0.326 e. The number of carbonyl (C=O) groups is 1. The standard InChI is InChI=1S/C20H18N2O/c21-14-15-9-11-16(12-10-15)17-5-4-6-18(13-17)20(23)22-19-7-2-1-3-8-19/h1-13H,14,21H2,(H,22,23). The topological polar surface area (TPSA) is 55.1 Å². The predicted octanol–water partition coefficient (Wildman–Crippen LogP) is 4.06. The van der Waals surface area contributed by atoms with E-state index in [4.69, 9.17) is 5.73 Å². The fraction of sp³-hybridized carbons (Fsp3) is 0.0500. The first-order valence-electron chi connectivity index (χ1n) is 7.52. The third-order valence-electron chi connectivity index (χ3n) is 3.68. The van der Waals surface area contributed by atoms with E-state index in [0.717, 1.165) is 22.4 Å². The Bertz CT molecular complexity index is 795. The summed E-state index contributed by atoms with van der Waals surface area (Å²) in [5.74, 6) is -0.114. The van der Waals surface area contributed by atoms with Crippen molar-refractivity contribution in [2.24, 2.45) is 5.73 Å². The van der Waals surface area contributed by atoms with Crippen LogP contribution in [0.4, 0.5) is 5.69 Å². The van der Waals surface area contributed by atoms with Crippen molar-refractivity contribution < 1.29 is 4.79 Å². The van der Waals surface area contributed by atoms with E-state index in [0.29, 0.717) is 12.1 Å². The average Bonchev–Trinajstić information content (AvgIpc) is 2.63. The van der Waals surface area contributed by atoms with E-state index in [1.807, 2.05) is 78.9 Å². The molecule has 0 saturated carbocycles. The second-order valence-electron chi connectivity index (χ2n) is 5.30. The second kappa shape index (κ2) is 6.90. The van der Waals surface area contributed by atoms with Crippen LogP contribution < -0.4 is 11.1 Å². The van der Waals surface area contributed by atoms with Gasteiger partial charge in [-0.25, -0.2) is 0 Å². The molecule has 0 aliphatic rings. The zero-order chi connectivity index (χ0) is 16.1. The van der Waals surface area contributed by atoms with Gasteiger partial charge in [-0.2, -0.15) is 0 Å². The van der Waals surface area contributed by atoms with Crippen LogP contribution in [0.15, 0.2) is 78.9 Å². The maximum Gasteiger partial charge on any atom is 0.255 e. The zero-order valence-electron chi connectivity index (χ0n) is 12.7. The lowest BCUT2D eigenvalue weighted by Crippen LogP contribution is -2.11. The SMILES string of the molecule is NCc1ccc(-c2cccc(C(=O)Nc3ccccc3)c2)cc1. The van der Waals surface area contributed by atoms with Crippen molar-refractivity contribution in [1.29, 1.82) is 0 Å². The van der Waals surface area contributed by atoms with Crippen LogP contribution in [0, 0.1) is 0 Å². The summed E-state index contributed by atoms with van der Waals surface area (Å²) in [5, 5.41) is 2.90. The van der Waals surface area contributed by atoms with Crippen LogP contribution in [0.25, 0.3) is 11.1 Å². The van der Waals surface area contributed by atoms with E-state index >= 15 is 0 Å². The minimum atomic E-state index is -0.114. The van der Waals surface area contributed by atoms with E-state index in [1.165, 1.54) is 0 Å². The molecule has 3 aromatic rings. The number of benzene rings is 3. The molecule has 0 fully saturated rings. The van der Waals surface area contributed by atoms with E-state index in [9.17, 15) is 4.79 Å². The van der Waals surface area contributed by atoms with Gasteiger partial charge in [0.2, 0.25) is 0 Å². The average molecular weight is 302 g/mol. The number of para-hydroxylation sites is 1. The van der Waals surface area contributed by atoms with Crippen molar-refractivity contribution in [2.75, 3.05) is 5.32 Å². The summed E-state index contributed by atoms with van der Waals surface area (Å²) in [5.41, 5.74) is 10.2. The van der Waals surface area contributed by atoms with Gasteiger partial charge in [0.05, 0.1) is 0 Å². The highest BCUT2D eigenvalue weighted by molar-refractivity contribution is 6.04. The van der Waals surface area contributed by atoms with Crippen LogP contribution >= 0.6 is 0 Å². The molecule has 0 saturated heterocycles. The number of anilines is 1. The molecule has 114 valence electrons. The van der Waals surface area contributed by atoms with Crippen molar-refractivity contribution in [3.05, 3.63) is 90.0 Å². The predicted molar refractivity (Wildman–Crippen MR) is 94.2 cm³/mol. The summed E-state index contributed by atoms with van der Waals surface area (Å²) in [4.78, 5) is 12.4. The van der Waals surface area contributed by atoms with Gasteiger partial charge in [-0.05, 0) is 41.0 Å². The van der Waals surface area contributed by atoms with Crippen LogP contribution in [0.5, 0.6) is 0 Å². The van der Waals surface area contributed by atoms with Gasteiger partial charge in [0.15, 0.2) is 0 Å². The van der Waals surface area contributed by atoms with Gasteiger partial charge in [0.1, 0.15) is 0 Å². The molecule has 3 N–H and O–H groups in total. The fourth-order valence-corrected chi connectivity index (χ4v) is 2.40. The van der Waals surface area contributed by atoms with Gasteiger partial charge < -0.3 is 11.1 Å². The van der Waals surface area contributed by atoms with Gasteiger partial charge in [-0.1, -0.05) is 54.6 Å². The Balaban J connectivity index is 1.82. The summed E-state index contributed by atoms with van der Waals surface area (Å²) in [7, 11) is 0. The molecule has 0 bridgehead atoms. The summed E-state index contributed by atoms with van der Waals surface area (Å²) in [6.07, 6.45) is 0. The first-order valence-corrected chi connectivity index (χ1v) is 7.52. The third kappa shape index (κ3) is 3.65. The number of amides is 1. The van der Waals surface area contributed by atoms with Gasteiger partial charge >= 0.3 is 0 Å². The highest BCUT2D eigenvalue weighted by Crippen LogP contribution is 2.21. The van der Waals surface area contributed by atoms with E-state index in [2.05, 4.69) is 5.32 Å². The maximum atomic E-state index is 12.4. The molecule has 3 nitrogen and oxygen atoms in total. The molecule has 0 atom stereocenters. The summed E-state index contributed by atoms with van der Waals surface area (Å²) >= 11 is 0. The van der Waals surface area contributed by atoms with E-state index in [-0.39, 0.29) is 5.91 Å². The first-order chi connectivity index (χ1) is 11.3. The summed E-state index contributed by atoms with van der Waals surface area (Å²) in [6.45, 7) is 0.528. The van der Waals surface area contributed by atoms with Crippen LogP contribution in [0.2, 0.25) is 0 Å². The Labute approximate surface area is 135 Å². The van der Waals surface area contributed by atoms with Crippen LogP contribution in [0.3, 0.4) is 0 Å². The summed E-state index contributed by atoms with van der Waals surface area (Å²) < 4.78 is 0. The van der Waals surface area contributed by atoms with E-state index < -0.39 is 0 Å². The highest BCUT2D eigenvalue weighted by Gasteiger charge is 2.07. The molecule has 0 radical (unpaired) electrons. The Kier molecular flexibility index (Phi) is 4.50. The second-order valence-corrected chi connectivity index (χ2v) is 5.30. The van der Waals surface area contributed by atoms with Crippen molar-refractivity contribution in [1.82, 2.24) is 0 Å². The monoisotopic (exact) mass is 302 g/mol. The van der Waals surface area contributed by atoms with E-state index in [1.54, 1.807) is 0 Å². The molecule has 3 aromatic carbocycles. The molecule has 0 spiro atoms. The molecular weight excluding hydrogens is 284 g/mol. The normalized spacial score (nSPS) is 10.3. The van der Waals surface area contributed by atoms with Crippen molar-refractivity contribution >= 4 is 11.6 Å². The Hall–Kier alpha value is -2.91. The lowest BCUT2D eigenvalue weighted by Gasteiger charge is -2.08. The molecular formula is C20H18N2O. The molecule has 0 aliphatic heterocycles. The Morgan fingerprint density at radius 3 is 2.26 bits per heavy atom. The molecule has 0 aliphatic carbocycles. The zero-order valence-corrected chi connectivity index (χ0v) is 12.7. The summed E-state index contributed by atoms with van der Waals surface area (Å²) in [6, 6.07) is 25.1. The Morgan fingerprint density at radius 2 is 1.57 bits per heavy atom. The van der Waals surface area contributed by atoms with Crippen LogP contribution in [-0.2, 0) is 6.54 Å². The smallest absolute Gasteiger partial charge is 0.255 e. The molecule has 3 heteroatoms. The fourth-order valence-electron chi connectivity index (χ4n) is 2.40. The number of carbonyl (C=O) groups excluding carboxylic acids is 1. The van der Waals surface area contributed by atoms with Gasteiger partial charge in [0.25, 0.3) is 5.91 Å². The van der Waals surface area contributed by atoms with Crippen LogP contribution in [0.1, 0.15) is 15.9 Å². The van der Waals surface area contributed by atoms with Crippen molar-refractivity contribution in [2.45, 2.75) is 6.54 Å². The first kappa shape index (κ1) is 15.0.